The Morgan fingerprint density at radius 3 is 2.87 bits per heavy atom. The predicted molar refractivity (Wildman–Crippen MR) is 116 cm³/mol. The van der Waals surface area contributed by atoms with Crippen molar-refractivity contribution >= 4 is 28.8 Å². The summed E-state index contributed by atoms with van der Waals surface area (Å²) in [6.07, 6.45) is 7.08. The Morgan fingerprint density at radius 2 is 2.19 bits per heavy atom. The van der Waals surface area contributed by atoms with E-state index in [9.17, 15) is 0 Å². The first-order valence-electron chi connectivity index (χ1n) is 10.5. The van der Waals surface area contributed by atoms with Crippen molar-refractivity contribution in [3.63, 3.8) is 0 Å². The van der Waals surface area contributed by atoms with E-state index in [0.717, 1.165) is 23.0 Å². The third-order valence-corrected chi connectivity index (χ3v) is 5.98. The Balaban J connectivity index is 1.54. The van der Waals surface area contributed by atoms with Gasteiger partial charge in [-0.3, -0.25) is 4.84 Å². The Kier molecular flexibility index (Phi) is 5.10. The fourth-order valence-electron chi connectivity index (χ4n) is 3.99. The van der Waals surface area contributed by atoms with E-state index in [4.69, 9.17) is 14.8 Å². The van der Waals surface area contributed by atoms with Gasteiger partial charge >= 0.3 is 0 Å². The Labute approximate surface area is 180 Å². The number of amidine groups is 1. The molecule has 5 rings (SSSR count). The number of aliphatic imine (C=N–C) groups is 1. The van der Waals surface area contributed by atoms with Gasteiger partial charge in [-0.05, 0) is 31.7 Å². The van der Waals surface area contributed by atoms with Gasteiger partial charge in [0.25, 0.3) is 0 Å². The molecular formula is C20H26N10O. The molecule has 0 aromatic carbocycles. The predicted octanol–water partition coefficient (Wildman–Crippen LogP) is 1.63. The number of aromatic nitrogens is 6. The molecule has 11 nitrogen and oxygen atoms in total. The second-order valence-corrected chi connectivity index (χ2v) is 8.10. The summed E-state index contributed by atoms with van der Waals surface area (Å²) in [7, 11) is 3.97. The maximum Gasteiger partial charge on any atom is 0.208 e. The summed E-state index contributed by atoms with van der Waals surface area (Å²) >= 11 is 0. The van der Waals surface area contributed by atoms with E-state index in [-0.39, 0.29) is 6.73 Å². The number of hydrogen-bond donors (Lipinski definition) is 2. The van der Waals surface area contributed by atoms with Gasteiger partial charge in [0.1, 0.15) is 11.8 Å². The molecule has 0 spiro atoms. The zero-order valence-electron chi connectivity index (χ0n) is 17.9. The normalized spacial score (nSPS) is 17.2. The minimum atomic E-state index is 0.243. The molecule has 0 bridgehead atoms. The molecule has 31 heavy (non-hydrogen) atoms. The van der Waals surface area contributed by atoms with Crippen LogP contribution in [0.5, 0.6) is 0 Å². The average molecular weight is 422 g/mol. The molecule has 1 unspecified atom stereocenters. The summed E-state index contributed by atoms with van der Waals surface area (Å²) in [5.74, 6) is 3.18. The van der Waals surface area contributed by atoms with Crippen LogP contribution in [0.4, 0.5) is 11.8 Å². The first-order chi connectivity index (χ1) is 15.1. The highest BCUT2D eigenvalue weighted by Crippen LogP contribution is 2.33. The number of imidazole rings is 1. The van der Waals surface area contributed by atoms with Crippen LogP contribution in [0.2, 0.25) is 0 Å². The number of hydrogen-bond acceptors (Lipinski definition) is 10. The molecule has 4 heterocycles. The van der Waals surface area contributed by atoms with E-state index >= 15 is 0 Å². The molecule has 3 aromatic heterocycles. The zero-order chi connectivity index (χ0) is 21.4. The summed E-state index contributed by atoms with van der Waals surface area (Å²) < 4.78 is 2.02. The van der Waals surface area contributed by atoms with Crippen molar-refractivity contribution in [1.29, 1.82) is 0 Å². The molecule has 2 N–H and O–H groups in total. The molecule has 1 fully saturated rings. The van der Waals surface area contributed by atoms with E-state index in [1.54, 1.807) is 12.5 Å². The maximum atomic E-state index is 5.14. The van der Waals surface area contributed by atoms with Crippen molar-refractivity contribution in [2.24, 2.45) is 18.0 Å². The highest BCUT2D eigenvalue weighted by atomic mass is 16.7. The third kappa shape index (κ3) is 3.76. The Morgan fingerprint density at radius 1 is 1.32 bits per heavy atom. The maximum absolute atomic E-state index is 5.14. The number of rotatable bonds is 7. The van der Waals surface area contributed by atoms with Crippen LogP contribution in [0.1, 0.15) is 37.7 Å². The summed E-state index contributed by atoms with van der Waals surface area (Å²) in [4.78, 5) is 34.0. The number of nitrogens with zero attached hydrogens (tertiary/aromatic N) is 8. The van der Waals surface area contributed by atoms with Crippen LogP contribution in [-0.2, 0) is 18.4 Å². The lowest BCUT2D eigenvalue weighted by Crippen LogP contribution is -2.32. The highest BCUT2D eigenvalue weighted by molar-refractivity contribution is 5.98. The quantitative estimate of drug-likeness (QED) is 0.585. The molecule has 0 saturated heterocycles. The van der Waals surface area contributed by atoms with E-state index in [2.05, 4.69) is 37.7 Å². The summed E-state index contributed by atoms with van der Waals surface area (Å²) in [6, 6.07) is 2.21. The molecule has 1 aliphatic heterocycles. The monoisotopic (exact) mass is 422 g/mol. The zero-order valence-corrected chi connectivity index (χ0v) is 17.9. The van der Waals surface area contributed by atoms with Crippen LogP contribution < -0.4 is 15.7 Å². The van der Waals surface area contributed by atoms with Gasteiger partial charge in [0.2, 0.25) is 11.8 Å². The van der Waals surface area contributed by atoms with Crippen LogP contribution in [0.25, 0.3) is 11.2 Å². The van der Waals surface area contributed by atoms with Gasteiger partial charge in [-0.2, -0.15) is 4.98 Å². The minimum absolute atomic E-state index is 0.243. The van der Waals surface area contributed by atoms with Gasteiger partial charge in [0.05, 0.1) is 12.2 Å². The fourth-order valence-corrected chi connectivity index (χ4v) is 3.99. The molecular weight excluding hydrogens is 396 g/mol. The topological polar surface area (TPSA) is 118 Å². The van der Waals surface area contributed by atoms with Crippen LogP contribution in [0.15, 0.2) is 23.6 Å². The van der Waals surface area contributed by atoms with Crippen molar-refractivity contribution in [2.45, 2.75) is 38.8 Å². The van der Waals surface area contributed by atoms with Crippen LogP contribution in [-0.4, -0.2) is 55.1 Å². The molecule has 0 amide bonds. The average Bonchev–Trinajstić information content (AvgIpc) is 3.36. The third-order valence-electron chi connectivity index (χ3n) is 5.98. The molecule has 1 saturated carbocycles. The van der Waals surface area contributed by atoms with Gasteiger partial charge in [0, 0.05) is 26.3 Å². The molecule has 1 aliphatic carbocycles. The molecule has 162 valence electrons. The van der Waals surface area contributed by atoms with E-state index in [0.29, 0.717) is 35.8 Å². The molecule has 1 atom stereocenters. The van der Waals surface area contributed by atoms with Gasteiger partial charge in [-0.25, -0.2) is 30.4 Å². The van der Waals surface area contributed by atoms with Crippen LogP contribution in [0.3, 0.4) is 0 Å². The van der Waals surface area contributed by atoms with Crippen LogP contribution in [0, 0.1) is 5.92 Å². The largest absolute Gasteiger partial charge is 0.365 e. The molecule has 11 heteroatoms. The number of anilines is 2. The number of aryl methyl sites for hydroxylation is 1. The lowest BCUT2D eigenvalue weighted by molar-refractivity contribution is 0.115. The van der Waals surface area contributed by atoms with Crippen LogP contribution >= 0.6 is 0 Å². The van der Waals surface area contributed by atoms with Crippen molar-refractivity contribution in [2.75, 3.05) is 24.0 Å². The number of fused-ring (bicyclic) bond motifs is 1. The molecule has 0 radical (unpaired) electrons. The van der Waals surface area contributed by atoms with E-state index in [1.807, 2.05) is 29.6 Å². The Bertz CT molecular complexity index is 1110. The van der Waals surface area contributed by atoms with Crippen molar-refractivity contribution in [3.05, 3.63) is 30.1 Å². The smallest absolute Gasteiger partial charge is 0.208 e. The first-order valence-corrected chi connectivity index (χ1v) is 10.5. The summed E-state index contributed by atoms with van der Waals surface area (Å²) in [5.41, 5.74) is 5.16. The van der Waals surface area contributed by atoms with Gasteiger partial charge in [0.15, 0.2) is 24.0 Å². The number of hydroxylamine groups is 1. The van der Waals surface area contributed by atoms with Crippen molar-refractivity contribution in [1.82, 2.24) is 35.0 Å². The molecule has 2 aliphatic rings. The lowest BCUT2D eigenvalue weighted by atomic mass is 9.80. The molecule has 3 aromatic rings. The summed E-state index contributed by atoms with van der Waals surface area (Å²) in [6.45, 7) is 3.06. The second-order valence-electron chi connectivity index (χ2n) is 8.10. The van der Waals surface area contributed by atoms with Gasteiger partial charge in [-0.15, -0.1) is 0 Å². The van der Waals surface area contributed by atoms with Crippen molar-refractivity contribution in [3.8, 4) is 0 Å². The fraction of sp³-hybridized carbons (Fsp3) is 0.500. The van der Waals surface area contributed by atoms with E-state index < -0.39 is 0 Å². The number of nitrogens with one attached hydrogen (secondary N) is 2. The highest BCUT2D eigenvalue weighted by Gasteiger charge is 2.27. The van der Waals surface area contributed by atoms with Gasteiger partial charge < -0.3 is 14.8 Å². The Hall–Kier alpha value is -3.34. The van der Waals surface area contributed by atoms with E-state index in [1.165, 1.54) is 19.3 Å². The lowest BCUT2D eigenvalue weighted by Gasteiger charge is -2.32. The first kappa shape index (κ1) is 19.6. The minimum Gasteiger partial charge on any atom is -0.365 e. The van der Waals surface area contributed by atoms with Crippen molar-refractivity contribution < 1.29 is 4.84 Å². The second kappa shape index (κ2) is 8.06. The van der Waals surface area contributed by atoms with Gasteiger partial charge in [-0.1, -0.05) is 6.42 Å². The SMILES string of the molecule is CC(Nc1nc(C2=NCON2)nc2nc(N(C)Cc3ccncn3)n(C)c12)C1CCC1. The standard InChI is InChI=1S/C20H26N10O/c1-12(13-5-4-6-13)24-16-15-17(26-19(25-16)18-23-11-31-28-18)27-20(30(15)3)29(2)9-14-7-8-21-10-22-14/h7-8,10,12-13H,4-6,9,11H2,1-3H3,(H,23,28)(H,24,25,26). The summed E-state index contributed by atoms with van der Waals surface area (Å²) in [5, 5.41) is 3.62.